The van der Waals surface area contributed by atoms with E-state index in [2.05, 4.69) is 12.6 Å². The molecule has 1 aromatic carbocycles. The minimum Gasteiger partial charge on any atom is -0.495 e. The minimum atomic E-state index is 0.508. The van der Waals surface area contributed by atoms with Crippen LogP contribution in [-0.4, -0.2) is 7.11 Å². The highest BCUT2D eigenvalue weighted by molar-refractivity contribution is 7.80. The lowest BCUT2D eigenvalue weighted by Crippen LogP contribution is -1.82. The highest BCUT2D eigenvalue weighted by Crippen LogP contribution is 2.36. The van der Waals surface area contributed by atoms with Gasteiger partial charge < -0.3 is 4.74 Å². The Morgan fingerprint density at radius 1 is 1.50 bits per heavy atom. The molecule has 1 nitrogen and oxygen atoms in total. The van der Waals surface area contributed by atoms with Crippen LogP contribution in [0.3, 0.4) is 0 Å². The third kappa shape index (κ3) is 1.60. The number of hydrogen-bond acceptors (Lipinski definition) is 3. The van der Waals surface area contributed by atoms with Gasteiger partial charge in [-0.1, -0.05) is 0 Å². The number of ether oxygens (including phenoxy) is 1. The van der Waals surface area contributed by atoms with Gasteiger partial charge in [-0.25, -0.2) is 0 Å². The van der Waals surface area contributed by atoms with Gasteiger partial charge in [0.1, 0.15) is 5.75 Å². The molecule has 0 saturated carbocycles. The molecule has 1 heterocycles. The van der Waals surface area contributed by atoms with Gasteiger partial charge in [0.05, 0.1) is 7.11 Å². The van der Waals surface area contributed by atoms with E-state index in [9.17, 15) is 0 Å². The van der Waals surface area contributed by atoms with Gasteiger partial charge in [0.15, 0.2) is 0 Å². The predicted molar refractivity (Wildman–Crippen MR) is 65.2 cm³/mol. The van der Waals surface area contributed by atoms with Crippen LogP contribution in [0, 0.1) is 0 Å². The molecule has 2 rings (SSSR count). The number of fused-ring (bicyclic) bond motifs is 1. The molecule has 4 heteroatoms. The Labute approximate surface area is 97.1 Å². The Balaban J connectivity index is 2.76. The van der Waals surface area contributed by atoms with E-state index >= 15 is 0 Å². The molecule has 0 spiro atoms. The number of thiol groups is 1. The summed E-state index contributed by atoms with van der Waals surface area (Å²) in [7, 11) is 1.67. The van der Waals surface area contributed by atoms with Crippen molar-refractivity contribution in [3.05, 3.63) is 23.1 Å². The Hall–Kier alpha value is -0.380. The van der Waals surface area contributed by atoms with Gasteiger partial charge in [-0.3, -0.25) is 0 Å². The molecule has 0 bridgehead atoms. The lowest BCUT2D eigenvalue weighted by atomic mass is 10.2. The van der Waals surface area contributed by atoms with E-state index in [-0.39, 0.29) is 0 Å². The summed E-state index contributed by atoms with van der Waals surface area (Å²) >= 11 is 11.9. The molecule has 0 saturated heterocycles. The first-order valence-corrected chi connectivity index (χ1v) is 5.95. The second kappa shape index (κ2) is 4.01. The second-order valence-electron chi connectivity index (χ2n) is 2.92. The Bertz CT molecular complexity index is 464. The van der Waals surface area contributed by atoms with Crippen molar-refractivity contribution in [2.45, 2.75) is 10.8 Å². The lowest BCUT2D eigenvalue weighted by Gasteiger charge is -2.01. The maximum absolute atomic E-state index is 5.86. The Morgan fingerprint density at radius 3 is 2.93 bits per heavy atom. The summed E-state index contributed by atoms with van der Waals surface area (Å²) < 4.78 is 6.44. The average Bonchev–Trinajstić information content (AvgIpc) is 2.59. The van der Waals surface area contributed by atoms with E-state index in [1.165, 1.54) is 4.70 Å². The quantitative estimate of drug-likeness (QED) is 0.622. The fraction of sp³-hybridized carbons (Fsp3) is 0.200. The summed E-state index contributed by atoms with van der Waals surface area (Å²) in [6, 6.07) is 4.00. The maximum atomic E-state index is 5.86. The van der Waals surface area contributed by atoms with Crippen LogP contribution in [0.15, 0.2) is 22.4 Å². The molecular formula is C10H9ClOS2. The summed E-state index contributed by atoms with van der Waals surface area (Å²) in [5.74, 6) is 1.40. The molecule has 0 amide bonds. The van der Waals surface area contributed by atoms with Crippen LogP contribution in [0.4, 0.5) is 0 Å². The monoisotopic (exact) mass is 244 g/mol. The van der Waals surface area contributed by atoms with Crippen LogP contribution in [0.25, 0.3) is 10.1 Å². The molecular weight excluding hydrogens is 236 g/mol. The molecule has 0 aliphatic carbocycles. The summed E-state index contributed by atoms with van der Waals surface area (Å²) in [5, 5.41) is 3.09. The molecule has 0 N–H and O–H groups in total. The van der Waals surface area contributed by atoms with Crippen LogP contribution in [0.1, 0.15) is 5.56 Å². The molecule has 0 unspecified atom stereocenters. The highest BCUT2D eigenvalue weighted by atomic mass is 35.5. The average molecular weight is 245 g/mol. The molecule has 2 aromatic rings. The third-order valence-electron chi connectivity index (χ3n) is 2.06. The summed E-state index contributed by atoms with van der Waals surface area (Å²) in [5.41, 5.74) is 1.11. The van der Waals surface area contributed by atoms with Crippen LogP contribution >= 0.6 is 35.6 Å². The first-order chi connectivity index (χ1) is 6.76. The number of halogens is 1. The molecule has 0 radical (unpaired) electrons. The molecule has 14 heavy (non-hydrogen) atoms. The number of hydrogen-bond donors (Lipinski definition) is 1. The van der Waals surface area contributed by atoms with Crippen LogP contribution in [-0.2, 0) is 5.88 Å². The van der Waals surface area contributed by atoms with Gasteiger partial charge in [-0.05, 0) is 17.7 Å². The maximum Gasteiger partial charge on any atom is 0.137 e. The van der Waals surface area contributed by atoms with E-state index in [0.29, 0.717) is 5.88 Å². The largest absolute Gasteiger partial charge is 0.495 e. The smallest absolute Gasteiger partial charge is 0.137 e. The topological polar surface area (TPSA) is 9.23 Å². The lowest BCUT2D eigenvalue weighted by molar-refractivity contribution is 0.421. The number of rotatable bonds is 2. The third-order valence-corrected chi connectivity index (χ3v) is 3.66. The van der Waals surface area contributed by atoms with Crippen molar-refractivity contribution in [1.29, 1.82) is 0 Å². The van der Waals surface area contributed by atoms with Gasteiger partial charge in [0.2, 0.25) is 0 Å². The van der Waals surface area contributed by atoms with Crippen molar-refractivity contribution in [3.63, 3.8) is 0 Å². The molecule has 0 fully saturated rings. The van der Waals surface area contributed by atoms with E-state index in [0.717, 1.165) is 21.6 Å². The summed E-state index contributed by atoms with van der Waals surface area (Å²) in [4.78, 5) is 0.921. The molecule has 0 aliphatic rings. The minimum absolute atomic E-state index is 0.508. The Morgan fingerprint density at radius 2 is 2.29 bits per heavy atom. The van der Waals surface area contributed by atoms with Crippen molar-refractivity contribution >= 4 is 45.7 Å². The van der Waals surface area contributed by atoms with E-state index < -0.39 is 0 Å². The fourth-order valence-corrected chi connectivity index (χ4v) is 3.02. The first kappa shape index (κ1) is 10.1. The van der Waals surface area contributed by atoms with Crippen molar-refractivity contribution in [2.75, 3.05) is 7.11 Å². The van der Waals surface area contributed by atoms with Crippen LogP contribution in [0.2, 0.25) is 0 Å². The SMILES string of the molecule is COc1csc2c(CCl)cc(S)cc12. The standard InChI is InChI=1S/C10H9ClOS2/c1-12-9-5-14-10-6(4-11)2-7(13)3-8(9)10/h2-3,5,13H,4H2,1H3. The van der Waals surface area contributed by atoms with Crippen molar-refractivity contribution in [2.24, 2.45) is 0 Å². The number of benzene rings is 1. The first-order valence-electron chi connectivity index (χ1n) is 4.09. The van der Waals surface area contributed by atoms with Gasteiger partial charge >= 0.3 is 0 Å². The summed E-state index contributed by atoms with van der Waals surface area (Å²) in [6.45, 7) is 0. The zero-order chi connectivity index (χ0) is 10.1. The fourth-order valence-electron chi connectivity index (χ4n) is 1.43. The Kier molecular flexibility index (Phi) is 2.91. The molecule has 0 aliphatic heterocycles. The van der Waals surface area contributed by atoms with Gasteiger partial charge in [-0.2, -0.15) is 0 Å². The predicted octanol–water partition coefficient (Wildman–Crippen LogP) is 3.94. The molecule has 1 aromatic heterocycles. The molecule has 0 atom stereocenters. The number of methoxy groups -OCH3 is 1. The van der Waals surface area contributed by atoms with Crippen molar-refractivity contribution in [1.82, 2.24) is 0 Å². The highest BCUT2D eigenvalue weighted by Gasteiger charge is 2.08. The summed E-state index contributed by atoms with van der Waals surface area (Å²) in [6.07, 6.45) is 0. The van der Waals surface area contributed by atoms with Gasteiger partial charge in [-0.15, -0.1) is 35.6 Å². The zero-order valence-corrected chi connectivity index (χ0v) is 10.0. The van der Waals surface area contributed by atoms with Crippen molar-refractivity contribution in [3.8, 4) is 5.75 Å². The number of thiophene rings is 1. The molecule has 74 valence electrons. The van der Waals surface area contributed by atoms with Gasteiger partial charge in [0.25, 0.3) is 0 Å². The van der Waals surface area contributed by atoms with Gasteiger partial charge in [0, 0.05) is 26.2 Å². The van der Waals surface area contributed by atoms with E-state index in [1.54, 1.807) is 18.4 Å². The van der Waals surface area contributed by atoms with E-state index in [1.807, 2.05) is 17.5 Å². The van der Waals surface area contributed by atoms with Crippen LogP contribution < -0.4 is 4.74 Å². The second-order valence-corrected chi connectivity index (χ2v) is 4.58. The van der Waals surface area contributed by atoms with Crippen LogP contribution in [0.5, 0.6) is 5.75 Å². The zero-order valence-electron chi connectivity index (χ0n) is 7.58. The normalized spacial score (nSPS) is 10.8. The number of alkyl halides is 1. The van der Waals surface area contributed by atoms with Crippen molar-refractivity contribution < 1.29 is 4.74 Å². The van der Waals surface area contributed by atoms with E-state index in [4.69, 9.17) is 16.3 Å².